The maximum atomic E-state index is 11.6. The number of hydrogen-bond acceptors (Lipinski definition) is 5. The lowest BCUT2D eigenvalue weighted by Gasteiger charge is -2.11. The number of phosphoric ester groups is 1. The zero-order chi connectivity index (χ0) is 28.2. The van der Waals surface area contributed by atoms with E-state index in [1.165, 1.54) is 77.0 Å². The quantitative estimate of drug-likeness (QED) is 0.0498. The molecule has 0 aliphatic carbocycles. The Morgan fingerprint density at radius 2 is 1.05 bits per heavy atom. The third-order valence-corrected chi connectivity index (χ3v) is 6.57. The number of ether oxygens (including phenoxy) is 1. The summed E-state index contributed by atoms with van der Waals surface area (Å²) in [7, 11) is -4.65. The van der Waals surface area contributed by atoms with Crippen molar-refractivity contribution in [3.63, 3.8) is 0 Å². The highest BCUT2D eigenvalue weighted by Crippen LogP contribution is 2.35. The monoisotopic (exact) mass is 556 g/mol. The Kier molecular flexibility index (Phi) is 26.3. The van der Waals surface area contributed by atoms with Gasteiger partial charge in [-0.1, -0.05) is 90.4 Å². The van der Waals surface area contributed by atoms with Gasteiger partial charge < -0.3 is 19.6 Å². The Hall–Kier alpha value is -1.34. The molecule has 220 valence electrons. The number of carbonyl (C=O) groups is 1. The fraction of sp³-hybridized carbons (Fsp3) is 0.833. The van der Waals surface area contributed by atoms with Crippen LogP contribution >= 0.6 is 7.82 Å². The highest BCUT2D eigenvalue weighted by atomic mass is 31.2. The molecule has 0 aliphatic heterocycles. The summed E-state index contributed by atoms with van der Waals surface area (Å²) in [5.74, 6) is 12.1. The summed E-state index contributed by atoms with van der Waals surface area (Å²) in [5, 5.41) is 9.44. The first-order chi connectivity index (χ1) is 18.3. The van der Waals surface area contributed by atoms with Crippen LogP contribution < -0.4 is 0 Å². The molecule has 1 atom stereocenters. The summed E-state index contributed by atoms with van der Waals surface area (Å²) in [6, 6.07) is 0. The van der Waals surface area contributed by atoms with E-state index < -0.39 is 26.5 Å². The third-order valence-electron chi connectivity index (χ3n) is 6.08. The number of esters is 1. The molecule has 7 nitrogen and oxygen atoms in total. The summed E-state index contributed by atoms with van der Waals surface area (Å²) in [6.07, 6.45) is 23.0. The number of phosphoric acid groups is 1. The Morgan fingerprint density at radius 1 is 0.658 bits per heavy atom. The van der Waals surface area contributed by atoms with Crippen molar-refractivity contribution in [2.45, 2.75) is 148 Å². The molecule has 0 fully saturated rings. The number of aliphatic hydroxyl groups is 1. The van der Waals surface area contributed by atoms with Gasteiger partial charge in [0.2, 0.25) is 0 Å². The lowest BCUT2D eigenvalue weighted by Crippen LogP contribution is -2.23. The molecule has 0 aromatic rings. The van der Waals surface area contributed by atoms with Crippen LogP contribution in [0.1, 0.15) is 142 Å². The van der Waals surface area contributed by atoms with Gasteiger partial charge in [0.1, 0.15) is 12.7 Å². The topological polar surface area (TPSA) is 113 Å². The largest absolute Gasteiger partial charge is 0.469 e. The predicted octanol–water partition coefficient (Wildman–Crippen LogP) is 7.22. The van der Waals surface area contributed by atoms with Gasteiger partial charge in [-0.15, -0.1) is 23.7 Å². The summed E-state index contributed by atoms with van der Waals surface area (Å²) in [5.41, 5.74) is 0. The minimum Gasteiger partial charge on any atom is -0.463 e. The minimum absolute atomic E-state index is 0.108. The molecule has 0 rings (SSSR count). The van der Waals surface area contributed by atoms with Crippen LogP contribution in [-0.2, 0) is 18.6 Å². The van der Waals surface area contributed by atoms with Gasteiger partial charge in [0.25, 0.3) is 0 Å². The third kappa shape index (κ3) is 30.9. The molecule has 0 aromatic heterocycles. The first-order valence-corrected chi connectivity index (χ1v) is 16.3. The van der Waals surface area contributed by atoms with Gasteiger partial charge in [0, 0.05) is 25.7 Å². The second kappa shape index (κ2) is 27.2. The summed E-state index contributed by atoms with van der Waals surface area (Å²) in [4.78, 5) is 28.6. The van der Waals surface area contributed by atoms with Crippen molar-refractivity contribution in [2.75, 3.05) is 13.2 Å². The Morgan fingerprint density at radius 3 is 1.47 bits per heavy atom. The van der Waals surface area contributed by atoms with Gasteiger partial charge in [-0.3, -0.25) is 9.32 Å². The lowest BCUT2D eigenvalue weighted by molar-refractivity contribution is -0.147. The lowest BCUT2D eigenvalue weighted by atomic mass is 10.0. The molecule has 0 bridgehead atoms. The summed E-state index contributed by atoms with van der Waals surface area (Å²) >= 11 is 0. The van der Waals surface area contributed by atoms with Gasteiger partial charge in [-0.2, -0.15) is 0 Å². The molecule has 38 heavy (non-hydrogen) atoms. The van der Waals surface area contributed by atoms with Crippen molar-refractivity contribution in [1.29, 1.82) is 0 Å². The van der Waals surface area contributed by atoms with Crippen molar-refractivity contribution in [3.8, 4) is 23.7 Å². The fourth-order valence-corrected chi connectivity index (χ4v) is 4.21. The van der Waals surface area contributed by atoms with E-state index in [-0.39, 0.29) is 13.0 Å². The first kappa shape index (κ1) is 36.7. The highest BCUT2D eigenvalue weighted by Gasteiger charge is 2.17. The SMILES string of the molecule is CCCCCCCCCCCCCCC#CCCCCCCC#CCCC(=O)OCC(O)COP(=O)(O)O. The van der Waals surface area contributed by atoms with E-state index in [1.807, 2.05) is 0 Å². The number of aliphatic hydroxyl groups excluding tert-OH is 1. The molecule has 0 radical (unpaired) electrons. The zero-order valence-corrected chi connectivity index (χ0v) is 24.7. The molecule has 0 saturated carbocycles. The molecule has 0 heterocycles. The van der Waals surface area contributed by atoms with Crippen LogP contribution in [0.15, 0.2) is 0 Å². The minimum atomic E-state index is -4.65. The van der Waals surface area contributed by atoms with Gasteiger partial charge in [-0.05, 0) is 19.3 Å². The average molecular weight is 557 g/mol. The van der Waals surface area contributed by atoms with Crippen molar-refractivity contribution in [1.82, 2.24) is 0 Å². The predicted molar refractivity (Wildman–Crippen MR) is 153 cm³/mol. The van der Waals surface area contributed by atoms with Gasteiger partial charge >= 0.3 is 13.8 Å². The molecule has 0 amide bonds. The van der Waals surface area contributed by atoms with Gasteiger partial charge in [0.05, 0.1) is 13.0 Å². The van der Waals surface area contributed by atoms with E-state index in [0.29, 0.717) is 6.42 Å². The molecule has 3 N–H and O–H groups in total. The van der Waals surface area contributed by atoms with Gasteiger partial charge in [-0.25, -0.2) is 4.57 Å². The maximum absolute atomic E-state index is 11.6. The van der Waals surface area contributed by atoms with Crippen molar-refractivity contribution in [3.05, 3.63) is 0 Å². The van der Waals surface area contributed by atoms with Crippen molar-refractivity contribution >= 4 is 13.8 Å². The van der Waals surface area contributed by atoms with Crippen molar-refractivity contribution in [2.24, 2.45) is 0 Å². The molecule has 0 saturated heterocycles. The Balaban J connectivity index is 3.40. The summed E-state index contributed by atoms with van der Waals surface area (Å²) in [6.45, 7) is 1.28. The van der Waals surface area contributed by atoms with Crippen molar-refractivity contribution < 1.29 is 33.5 Å². The van der Waals surface area contributed by atoms with E-state index in [4.69, 9.17) is 14.5 Å². The Bertz CT molecular complexity index is 726. The highest BCUT2D eigenvalue weighted by molar-refractivity contribution is 7.46. The number of rotatable bonds is 24. The molecule has 0 aliphatic rings. The first-order valence-electron chi connectivity index (χ1n) is 14.8. The van der Waals surface area contributed by atoms with E-state index in [0.717, 1.165) is 44.9 Å². The second-order valence-electron chi connectivity index (χ2n) is 9.88. The Labute approximate surface area is 232 Å². The van der Waals surface area contributed by atoms with Gasteiger partial charge in [0.15, 0.2) is 0 Å². The number of carbonyl (C=O) groups excluding carboxylic acids is 1. The zero-order valence-electron chi connectivity index (χ0n) is 23.8. The molecule has 0 aromatic carbocycles. The number of unbranched alkanes of at least 4 members (excludes halogenated alkanes) is 17. The molecule has 1 unspecified atom stereocenters. The van der Waals surface area contributed by atoms with Crippen LogP contribution in [0.25, 0.3) is 0 Å². The van der Waals surface area contributed by atoms with E-state index in [2.05, 4.69) is 35.1 Å². The average Bonchev–Trinajstić information content (AvgIpc) is 2.88. The smallest absolute Gasteiger partial charge is 0.463 e. The molecule has 8 heteroatoms. The summed E-state index contributed by atoms with van der Waals surface area (Å²) < 4.78 is 19.5. The van der Waals surface area contributed by atoms with E-state index >= 15 is 0 Å². The molecular weight excluding hydrogens is 503 g/mol. The van der Waals surface area contributed by atoms with Crippen LogP contribution in [-0.4, -0.2) is 40.2 Å². The molecule has 0 spiro atoms. The maximum Gasteiger partial charge on any atom is 0.469 e. The van der Waals surface area contributed by atoms with Crippen LogP contribution in [0.3, 0.4) is 0 Å². The fourth-order valence-electron chi connectivity index (χ4n) is 3.85. The van der Waals surface area contributed by atoms with Crippen LogP contribution in [0.5, 0.6) is 0 Å². The van der Waals surface area contributed by atoms with Crippen LogP contribution in [0.4, 0.5) is 0 Å². The molecular formula is C30H53O7P. The number of hydrogen-bond donors (Lipinski definition) is 3. The normalized spacial score (nSPS) is 11.8. The van der Waals surface area contributed by atoms with Crippen LogP contribution in [0.2, 0.25) is 0 Å². The second-order valence-corrected chi connectivity index (χ2v) is 11.1. The standard InChI is InChI=1S/C30H53O7P/c1-2-3-4-5-6-7-8-9-10-11-12-13-14-15-16-17-18-19-20-21-22-23-24-25-26-30(32)36-27-29(31)28-37-38(33,34)35/h29,31H,2-14,17-22,25-28H2,1H3,(H2,33,34,35). The van der Waals surface area contributed by atoms with Crippen LogP contribution in [0, 0.1) is 23.7 Å². The van der Waals surface area contributed by atoms with E-state index in [1.54, 1.807) is 0 Å². The van der Waals surface area contributed by atoms with E-state index in [9.17, 15) is 14.5 Å².